The van der Waals surface area contributed by atoms with E-state index in [9.17, 15) is 0 Å². The Morgan fingerprint density at radius 3 is 0.786 bits per heavy atom. The Hall–Kier alpha value is -6.88. The van der Waals surface area contributed by atoms with Crippen molar-refractivity contribution in [2.24, 2.45) is 0 Å². The van der Waals surface area contributed by atoms with Crippen LogP contribution in [-0.4, -0.2) is 53.1 Å². The van der Waals surface area contributed by atoms with Crippen LogP contribution in [0.4, 0.5) is 0 Å². The van der Waals surface area contributed by atoms with Crippen LogP contribution in [0, 0.1) is 0 Å². The summed E-state index contributed by atoms with van der Waals surface area (Å²) in [5.74, 6) is 3.94. The molecule has 0 heterocycles. The van der Waals surface area contributed by atoms with Crippen LogP contribution in [0.5, 0.6) is 23.0 Å². The van der Waals surface area contributed by atoms with Gasteiger partial charge in [0.2, 0.25) is 0 Å². The summed E-state index contributed by atoms with van der Waals surface area (Å²) >= 11 is 0. The van der Waals surface area contributed by atoms with E-state index < -0.39 is 31.7 Å². The molecule has 0 fully saturated rings. The molecule has 10 rings (SSSR count). The lowest BCUT2D eigenvalue weighted by Gasteiger charge is -2.25. The normalized spacial score (nSPS) is 12.5. The maximum atomic E-state index is 5.83. The second-order valence-electron chi connectivity index (χ2n) is 20.8. The highest BCUT2D eigenvalue weighted by Gasteiger charge is 2.23. The first-order chi connectivity index (χ1) is 41.4. The van der Waals surface area contributed by atoms with Gasteiger partial charge in [0.25, 0.3) is 0 Å². The van der Waals surface area contributed by atoms with Crippen molar-refractivity contribution in [1.82, 2.24) is 0 Å². The van der Waals surface area contributed by atoms with E-state index in [1.54, 1.807) is 28.4 Å². The van der Waals surface area contributed by atoms with E-state index in [2.05, 4.69) is 269 Å². The van der Waals surface area contributed by atoms with Gasteiger partial charge >= 0.3 is 0 Å². The number of hydrogen-bond acceptors (Lipinski definition) is 4. The Balaban J connectivity index is 0.000000205. The van der Waals surface area contributed by atoms with Crippen LogP contribution in [0.1, 0.15) is 47.2 Å². The standard InChI is InChI=1S/C42H40O2P2.C34H40O2P2/c1-43-41-25-11-9-19-37(41)31-45(39-23-13-21-35(29-39)33-15-5-3-6-16-33)27-28-46(32-38-20-10-12-26-42(38)44-2)40-24-14-22-36(30-40)34-17-7-4-8-18-34;1-5-27-13-11-17-31(23-27)37(25-29-15-7-9-19-33(29)35-3)21-22-38(32-18-12-14-28(6-2)24-32)26-30-16-8-10-20-34(30)36-4/h3-26,29-30H,27-28,31-32H2,1-2H3;7-20,23-24H,5-6,21-22,25-26H2,1-4H3. The molecule has 4 atom stereocenters. The van der Waals surface area contributed by atoms with Crippen molar-refractivity contribution in [3.63, 3.8) is 0 Å². The molecule has 4 unspecified atom stereocenters. The summed E-state index contributed by atoms with van der Waals surface area (Å²) in [6, 6.07) is 92.6. The smallest absolute Gasteiger partial charge is 0.122 e. The Morgan fingerprint density at radius 1 is 0.250 bits per heavy atom. The van der Waals surface area contributed by atoms with E-state index in [1.807, 2.05) is 0 Å². The lowest BCUT2D eigenvalue weighted by Crippen LogP contribution is -2.13. The van der Waals surface area contributed by atoms with Crippen molar-refractivity contribution in [3.8, 4) is 45.3 Å². The van der Waals surface area contributed by atoms with Crippen LogP contribution in [0.15, 0.2) is 255 Å². The highest BCUT2D eigenvalue weighted by Crippen LogP contribution is 2.50. The zero-order chi connectivity index (χ0) is 58.3. The van der Waals surface area contributed by atoms with E-state index in [0.29, 0.717) is 0 Å². The van der Waals surface area contributed by atoms with Gasteiger partial charge < -0.3 is 18.9 Å². The molecule has 0 aliphatic rings. The molecule has 428 valence electrons. The largest absolute Gasteiger partial charge is 0.496 e. The lowest BCUT2D eigenvalue weighted by atomic mass is 10.1. The molecule has 0 aromatic heterocycles. The highest BCUT2D eigenvalue weighted by molar-refractivity contribution is 7.69. The number of para-hydroxylation sites is 4. The zero-order valence-electron chi connectivity index (χ0n) is 49.7. The molecule has 0 aliphatic heterocycles. The number of aryl methyl sites for hydroxylation is 2. The minimum atomic E-state index is -0.516. The molecule has 84 heavy (non-hydrogen) atoms. The zero-order valence-corrected chi connectivity index (χ0v) is 53.3. The monoisotopic (exact) mass is 1180 g/mol. The Bertz CT molecular complexity index is 3370. The van der Waals surface area contributed by atoms with Gasteiger partial charge in [-0.3, -0.25) is 0 Å². The van der Waals surface area contributed by atoms with Crippen LogP contribution in [-0.2, 0) is 37.5 Å². The maximum absolute atomic E-state index is 5.83. The molecule has 0 spiro atoms. The van der Waals surface area contributed by atoms with Gasteiger partial charge in [0.05, 0.1) is 28.4 Å². The first kappa shape index (κ1) is 61.7. The van der Waals surface area contributed by atoms with E-state index >= 15 is 0 Å². The third-order valence-electron chi connectivity index (χ3n) is 15.5. The molecule has 0 saturated heterocycles. The van der Waals surface area contributed by atoms with E-state index in [0.717, 1.165) is 72.8 Å². The minimum absolute atomic E-state index is 0.391. The van der Waals surface area contributed by atoms with Crippen LogP contribution >= 0.6 is 31.7 Å². The molecule has 10 aromatic rings. The fourth-order valence-electron chi connectivity index (χ4n) is 10.8. The van der Waals surface area contributed by atoms with Gasteiger partial charge in [-0.1, -0.05) is 264 Å². The summed E-state index contributed by atoms with van der Waals surface area (Å²) in [7, 11) is 5.32. The average Bonchev–Trinajstić information content (AvgIpc) is 3.70. The number of ether oxygens (including phenoxy) is 4. The average molecular weight is 1180 g/mol. The fourth-order valence-corrected chi connectivity index (χ4v) is 22.3. The van der Waals surface area contributed by atoms with Crippen molar-refractivity contribution in [2.45, 2.75) is 51.3 Å². The molecule has 0 radical (unpaired) electrons. The molecule has 0 saturated carbocycles. The summed E-state index contributed by atoms with van der Waals surface area (Å²) in [6.07, 6.45) is 10.8. The first-order valence-electron chi connectivity index (χ1n) is 29.3. The summed E-state index contributed by atoms with van der Waals surface area (Å²) in [4.78, 5) is 0. The van der Waals surface area contributed by atoms with Crippen LogP contribution in [0.3, 0.4) is 0 Å². The predicted octanol–water partition coefficient (Wildman–Crippen LogP) is 18.5. The van der Waals surface area contributed by atoms with Gasteiger partial charge in [0.1, 0.15) is 23.0 Å². The maximum Gasteiger partial charge on any atom is 0.122 e. The molecule has 10 aromatic carbocycles. The highest BCUT2D eigenvalue weighted by atomic mass is 31.1. The van der Waals surface area contributed by atoms with Crippen molar-refractivity contribution in [1.29, 1.82) is 0 Å². The van der Waals surface area contributed by atoms with Gasteiger partial charge in [-0.25, -0.2) is 0 Å². The predicted molar refractivity (Wildman–Crippen MR) is 368 cm³/mol. The summed E-state index contributed by atoms with van der Waals surface area (Å²) < 4.78 is 23.2. The van der Waals surface area contributed by atoms with E-state index in [4.69, 9.17) is 18.9 Å². The number of benzene rings is 10. The SMILES string of the molecule is CCc1cccc(P(CCP(Cc2ccccc2OC)c2cccc(CC)c2)Cc2ccccc2OC)c1.COc1ccccc1CP(CCP(Cc1ccccc1OC)c1cccc(-c2ccccc2)c1)c1cccc(-c2ccccc2)c1. The second kappa shape index (κ2) is 32.4. The third kappa shape index (κ3) is 17.2. The Kier molecular flexibility index (Phi) is 23.8. The van der Waals surface area contributed by atoms with Crippen molar-refractivity contribution in [3.05, 3.63) is 288 Å². The van der Waals surface area contributed by atoms with Gasteiger partial charge in [-0.05, 0) is 151 Å². The minimum Gasteiger partial charge on any atom is -0.496 e. The summed E-state index contributed by atoms with van der Waals surface area (Å²) in [5, 5.41) is 5.87. The Labute approximate surface area is 506 Å². The summed E-state index contributed by atoms with van der Waals surface area (Å²) in [6.45, 7) is 4.49. The van der Waals surface area contributed by atoms with Gasteiger partial charge in [-0.15, -0.1) is 0 Å². The van der Waals surface area contributed by atoms with Crippen LogP contribution in [0.25, 0.3) is 22.3 Å². The topological polar surface area (TPSA) is 36.9 Å². The van der Waals surface area contributed by atoms with Crippen LogP contribution in [0.2, 0.25) is 0 Å². The molecule has 4 nitrogen and oxygen atoms in total. The number of methoxy groups -OCH3 is 4. The fraction of sp³-hybridized carbons (Fsp3) is 0.211. The molecular formula is C76H80O4P4. The third-order valence-corrected chi connectivity index (χ3v) is 26.2. The molecule has 0 amide bonds. The van der Waals surface area contributed by atoms with Gasteiger partial charge in [0.15, 0.2) is 0 Å². The number of rotatable bonds is 26. The van der Waals surface area contributed by atoms with E-state index in [1.165, 1.54) is 89.2 Å². The van der Waals surface area contributed by atoms with E-state index in [-0.39, 0.29) is 0 Å². The molecule has 0 bridgehead atoms. The first-order valence-corrected chi connectivity index (χ1v) is 36.2. The van der Waals surface area contributed by atoms with Gasteiger partial charge in [0, 0.05) is 24.6 Å². The van der Waals surface area contributed by atoms with Crippen LogP contribution < -0.4 is 40.2 Å². The molecule has 0 N–H and O–H groups in total. The lowest BCUT2D eigenvalue weighted by molar-refractivity contribution is 0.411. The second-order valence-corrected chi connectivity index (χ2v) is 30.3. The summed E-state index contributed by atoms with van der Waals surface area (Å²) in [5.41, 5.74) is 13.1. The van der Waals surface area contributed by atoms with Crippen molar-refractivity contribution < 1.29 is 18.9 Å². The molecular weight excluding hydrogens is 1100 g/mol. The van der Waals surface area contributed by atoms with Crippen molar-refractivity contribution in [2.75, 3.05) is 53.1 Å². The number of hydrogen-bond donors (Lipinski definition) is 0. The quantitative estimate of drug-likeness (QED) is 0.0506. The molecule has 0 aliphatic carbocycles. The Morgan fingerprint density at radius 2 is 0.500 bits per heavy atom. The van der Waals surface area contributed by atoms with Gasteiger partial charge in [-0.2, -0.15) is 0 Å². The van der Waals surface area contributed by atoms with Crippen molar-refractivity contribution >= 4 is 52.9 Å². The molecule has 8 heteroatoms.